The molecular weight excluding hydrogens is 248 g/mol. The van der Waals surface area contributed by atoms with Crippen LogP contribution >= 0.6 is 0 Å². The number of rotatable bonds is 7. The van der Waals surface area contributed by atoms with Gasteiger partial charge in [0.05, 0.1) is 11.5 Å². The van der Waals surface area contributed by atoms with Crippen molar-refractivity contribution < 1.29 is 8.42 Å². The first-order valence-corrected chi connectivity index (χ1v) is 8.93. The fourth-order valence-corrected chi connectivity index (χ4v) is 3.93. The van der Waals surface area contributed by atoms with Gasteiger partial charge in [-0.1, -0.05) is 13.8 Å². The molecule has 1 fully saturated rings. The quantitative estimate of drug-likeness (QED) is 0.701. The summed E-state index contributed by atoms with van der Waals surface area (Å²) in [5, 5.41) is 0. The van der Waals surface area contributed by atoms with Gasteiger partial charge in [-0.25, -0.2) is 8.42 Å². The van der Waals surface area contributed by atoms with Gasteiger partial charge in [-0.05, 0) is 39.4 Å². The topological polar surface area (TPSA) is 40.6 Å². The lowest BCUT2D eigenvalue weighted by Crippen LogP contribution is -2.44. The number of nitrogens with zero attached hydrogens (tertiary/aromatic N) is 2. The molecule has 0 atom stereocenters. The van der Waals surface area contributed by atoms with E-state index in [9.17, 15) is 8.42 Å². The minimum atomic E-state index is -2.74. The van der Waals surface area contributed by atoms with Crippen LogP contribution in [0.2, 0.25) is 0 Å². The third-order valence-electron chi connectivity index (χ3n) is 3.86. The molecule has 108 valence electrons. The maximum atomic E-state index is 11.5. The highest BCUT2D eigenvalue weighted by molar-refractivity contribution is 7.91. The molecule has 1 rings (SSSR count). The van der Waals surface area contributed by atoms with Gasteiger partial charge in [-0.2, -0.15) is 0 Å². The third kappa shape index (κ3) is 5.24. The molecule has 1 aliphatic rings. The maximum absolute atomic E-state index is 11.5. The Morgan fingerprint density at radius 3 is 2.17 bits per heavy atom. The summed E-state index contributed by atoms with van der Waals surface area (Å²) >= 11 is 0. The van der Waals surface area contributed by atoms with E-state index >= 15 is 0 Å². The zero-order valence-corrected chi connectivity index (χ0v) is 12.9. The number of hydrogen-bond donors (Lipinski definition) is 0. The van der Waals surface area contributed by atoms with Crippen LogP contribution in [-0.4, -0.2) is 69.0 Å². The Balaban J connectivity index is 2.46. The van der Waals surface area contributed by atoms with E-state index < -0.39 is 9.84 Å². The first kappa shape index (κ1) is 15.9. The van der Waals surface area contributed by atoms with E-state index in [1.54, 1.807) is 0 Å². The third-order valence-corrected chi connectivity index (χ3v) is 5.58. The zero-order chi connectivity index (χ0) is 13.6. The Kier molecular flexibility index (Phi) is 6.60. The minimum Gasteiger partial charge on any atom is -0.305 e. The fourth-order valence-electron chi connectivity index (χ4n) is 2.46. The summed E-state index contributed by atoms with van der Waals surface area (Å²) in [6.07, 6.45) is 2.77. The van der Waals surface area contributed by atoms with Crippen molar-refractivity contribution in [3.8, 4) is 0 Å². The number of likely N-dealkylation sites (N-methyl/N-ethyl adjacent to an activating group) is 1. The number of sulfone groups is 1. The van der Waals surface area contributed by atoms with Crippen LogP contribution in [-0.2, 0) is 9.84 Å². The average molecular weight is 276 g/mol. The Morgan fingerprint density at radius 2 is 1.67 bits per heavy atom. The molecule has 0 amide bonds. The average Bonchev–Trinajstić information content (AvgIpc) is 2.34. The van der Waals surface area contributed by atoms with E-state index in [4.69, 9.17) is 0 Å². The zero-order valence-electron chi connectivity index (χ0n) is 12.1. The second-order valence-corrected chi connectivity index (χ2v) is 7.62. The summed E-state index contributed by atoms with van der Waals surface area (Å²) in [5.41, 5.74) is 0. The lowest BCUT2D eigenvalue weighted by atomic mass is 10.1. The van der Waals surface area contributed by atoms with Crippen LogP contribution in [0.3, 0.4) is 0 Å². The molecule has 0 aliphatic carbocycles. The SMILES string of the molecule is CCCN(CCN(C)CC)C1CCS(=O)(=O)CC1. The first-order chi connectivity index (χ1) is 8.48. The molecule has 1 saturated heterocycles. The van der Waals surface area contributed by atoms with Crippen LogP contribution < -0.4 is 0 Å². The predicted octanol–water partition coefficient (Wildman–Crippen LogP) is 1.23. The highest BCUT2D eigenvalue weighted by Gasteiger charge is 2.27. The van der Waals surface area contributed by atoms with Crippen molar-refractivity contribution in [1.82, 2.24) is 9.80 Å². The standard InChI is InChI=1S/C13H28N2O2S/c1-4-8-15(10-9-14(3)5-2)13-6-11-18(16,17)12-7-13/h13H,4-12H2,1-3H3. The summed E-state index contributed by atoms with van der Waals surface area (Å²) < 4.78 is 22.9. The predicted molar refractivity (Wildman–Crippen MR) is 76.7 cm³/mol. The smallest absolute Gasteiger partial charge is 0.150 e. The summed E-state index contributed by atoms with van der Waals surface area (Å²) in [5.74, 6) is 0.753. The van der Waals surface area contributed by atoms with Gasteiger partial charge in [0.25, 0.3) is 0 Å². The van der Waals surface area contributed by atoms with E-state index in [-0.39, 0.29) is 0 Å². The van der Waals surface area contributed by atoms with Crippen molar-refractivity contribution in [1.29, 1.82) is 0 Å². The van der Waals surface area contributed by atoms with Crippen molar-refractivity contribution in [3.05, 3.63) is 0 Å². The van der Waals surface area contributed by atoms with Crippen LogP contribution in [0.15, 0.2) is 0 Å². The molecule has 1 heterocycles. The van der Waals surface area contributed by atoms with E-state index in [1.165, 1.54) is 0 Å². The fraction of sp³-hybridized carbons (Fsp3) is 1.00. The monoisotopic (exact) mass is 276 g/mol. The largest absolute Gasteiger partial charge is 0.305 e. The molecule has 0 N–H and O–H groups in total. The van der Waals surface area contributed by atoms with Crippen molar-refractivity contribution >= 4 is 9.84 Å². The van der Waals surface area contributed by atoms with Gasteiger partial charge in [-0.3, -0.25) is 4.90 Å². The van der Waals surface area contributed by atoms with Gasteiger partial charge in [-0.15, -0.1) is 0 Å². The molecular formula is C13H28N2O2S. The molecule has 4 nitrogen and oxygen atoms in total. The normalized spacial score (nSPS) is 20.7. The maximum Gasteiger partial charge on any atom is 0.150 e. The van der Waals surface area contributed by atoms with Gasteiger partial charge < -0.3 is 4.90 Å². The lowest BCUT2D eigenvalue weighted by Gasteiger charge is -2.35. The Bertz CT molecular complexity index is 316. The van der Waals surface area contributed by atoms with Gasteiger partial charge in [0, 0.05) is 19.1 Å². The molecule has 18 heavy (non-hydrogen) atoms. The molecule has 0 radical (unpaired) electrons. The highest BCUT2D eigenvalue weighted by atomic mass is 32.2. The second-order valence-electron chi connectivity index (χ2n) is 5.31. The van der Waals surface area contributed by atoms with Crippen LogP contribution in [0, 0.1) is 0 Å². The molecule has 5 heteroatoms. The van der Waals surface area contributed by atoms with Crippen molar-refractivity contribution in [2.75, 3.05) is 44.7 Å². The van der Waals surface area contributed by atoms with Crippen molar-refractivity contribution in [3.63, 3.8) is 0 Å². The summed E-state index contributed by atoms with van der Waals surface area (Å²) in [7, 11) is -0.603. The highest BCUT2D eigenvalue weighted by Crippen LogP contribution is 2.18. The molecule has 0 unspecified atom stereocenters. The molecule has 0 spiro atoms. The van der Waals surface area contributed by atoms with Gasteiger partial charge in [0.15, 0.2) is 0 Å². The summed E-state index contributed by atoms with van der Waals surface area (Å²) in [4.78, 5) is 4.79. The van der Waals surface area contributed by atoms with Crippen LogP contribution in [0.25, 0.3) is 0 Å². The second kappa shape index (κ2) is 7.46. The van der Waals surface area contributed by atoms with E-state index in [1.807, 2.05) is 0 Å². The van der Waals surface area contributed by atoms with E-state index in [0.29, 0.717) is 17.5 Å². The summed E-state index contributed by atoms with van der Waals surface area (Å²) in [6.45, 7) is 8.64. The minimum absolute atomic E-state index is 0.376. The first-order valence-electron chi connectivity index (χ1n) is 7.11. The molecule has 0 bridgehead atoms. The van der Waals surface area contributed by atoms with Gasteiger partial charge >= 0.3 is 0 Å². The summed E-state index contributed by atoms with van der Waals surface area (Å²) in [6, 6.07) is 0.471. The number of hydrogen-bond acceptors (Lipinski definition) is 4. The van der Waals surface area contributed by atoms with Crippen molar-refractivity contribution in [2.45, 2.75) is 39.2 Å². The molecule has 0 aromatic rings. The van der Waals surface area contributed by atoms with Crippen LogP contribution in [0.4, 0.5) is 0 Å². The Labute approximate surface area is 112 Å². The van der Waals surface area contributed by atoms with Crippen LogP contribution in [0.5, 0.6) is 0 Å². The van der Waals surface area contributed by atoms with E-state index in [2.05, 4.69) is 30.7 Å². The molecule has 0 saturated carbocycles. The molecule has 0 aromatic heterocycles. The van der Waals surface area contributed by atoms with Gasteiger partial charge in [0.1, 0.15) is 9.84 Å². The Morgan fingerprint density at radius 1 is 1.06 bits per heavy atom. The van der Waals surface area contributed by atoms with E-state index in [0.717, 1.165) is 45.4 Å². The van der Waals surface area contributed by atoms with Gasteiger partial charge in [0.2, 0.25) is 0 Å². The Hall–Kier alpha value is -0.130. The van der Waals surface area contributed by atoms with Crippen molar-refractivity contribution in [2.24, 2.45) is 0 Å². The lowest BCUT2D eigenvalue weighted by molar-refractivity contribution is 0.162. The van der Waals surface area contributed by atoms with Crippen LogP contribution in [0.1, 0.15) is 33.1 Å². The molecule has 0 aromatic carbocycles. The molecule has 1 aliphatic heterocycles.